The molecule has 0 aliphatic heterocycles. The minimum absolute atomic E-state index is 0.432. The second kappa shape index (κ2) is 4.31. The summed E-state index contributed by atoms with van der Waals surface area (Å²) < 4.78 is 0. The van der Waals surface area contributed by atoms with Crippen LogP contribution in [0.4, 0.5) is 0 Å². The van der Waals surface area contributed by atoms with Crippen LogP contribution in [-0.4, -0.2) is 0 Å². The molecule has 1 atom stereocenters. The third-order valence-electron chi connectivity index (χ3n) is 2.90. The van der Waals surface area contributed by atoms with Gasteiger partial charge >= 0.3 is 0 Å². The van der Waals surface area contributed by atoms with Crippen molar-refractivity contribution >= 4 is 0 Å². The van der Waals surface area contributed by atoms with Gasteiger partial charge in [0.25, 0.3) is 0 Å². The van der Waals surface area contributed by atoms with E-state index < -0.39 is 0 Å². The van der Waals surface area contributed by atoms with Gasteiger partial charge in [-0.15, -0.1) is 0 Å². The third-order valence-corrected chi connectivity index (χ3v) is 2.90. The second-order valence-electron chi connectivity index (χ2n) is 4.01. The molecule has 0 fully saturated rings. The lowest BCUT2D eigenvalue weighted by atomic mass is 9.89. The molecular formula is C15H16. The molecule has 0 nitrogen and oxygen atoms in total. The van der Waals surface area contributed by atoms with Crippen LogP contribution < -0.4 is 0 Å². The van der Waals surface area contributed by atoms with Gasteiger partial charge in [-0.05, 0) is 25.0 Å². The average molecular weight is 196 g/mol. The summed E-state index contributed by atoms with van der Waals surface area (Å²) in [6.07, 6.45) is 10.8. The van der Waals surface area contributed by atoms with Crippen molar-refractivity contribution in [3.63, 3.8) is 0 Å². The van der Waals surface area contributed by atoms with E-state index in [4.69, 9.17) is 0 Å². The largest absolute Gasteiger partial charge is 0.0730 e. The smallest absolute Gasteiger partial charge is 0.0234 e. The van der Waals surface area contributed by atoms with Gasteiger partial charge < -0.3 is 0 Å². The number of hydrogen-bond donors (Lipinski definition) is 0. The van der Waals surface area contributed by atoms with Crippen molar-refractivity contribution in [3.05, 3.63) is 71.3 Å². The third kappa shape index (κ3) is 2.10. The molecule has 1 aromatic rings. The first-order chi connectivity index (χ1) is 7.29. The first-order valence-electron chi connectivity index (χ1n) is 5.36. The Hall–Kier alpha value is -1.56. The van der Waals surface area contributed by atoms with Crippen LogP contribution in [-0.2, 0) is 0 Å². The number of rotatable bonds is 1. The molecule has 0 N–H and O–H groups in total. The van der Waals surface area contributed by atoms with Crippen molar-refractivity contribution in [1.29, 1.82) is 0 Å². The van der Waals surface area contributed by atoms with E-state index in [9.17, 15) is 0 Å². The van der Waals surface area contributed by atoms with Crippen LogP contribution in [0.1, 0.15) is 24.0 Å². The summed E-state index contributed by atoms with van der Waals surface area (Å²) in [6.45, 7) is 4.37. The maximum absolute atomic E-state index is 2.26. The summed E-state index contributed by atoms with van der Waals surface area (Å²) in [4.78, 5) is 0. The van der Waals surface area contributed by atoms with E-state index in [1.165, 1.54) is 16.7 Å². The molecule has 1 unspecified atom stereocenters. The standard InChI is InChI=1S/C15H16/c1-12-8-4-3-5-10-14(12)15-11-7-6-9-13(15)2/h3-11,14H,1-2H3. The zero-order valence-corrected chi connectivity index (χ0v) is 9.27. The molecule has 0 bridgehead atoms. The highest BCUT2D eigenvalue weighted by Gasteiger charge is 2.12. The van der Waals surface area contributed by atoms with Crippen LogP contribution in [0.25, 0.3) is 0 Å². The Balaban J connectivity index is 2.43. The van der Waals surface area contributed by atoms with Crippen LogP contribution in [0.2, 0.25) is 0 Å². The Kier molecular flexibility index (Phi) is 2.86. The zero-order valence-electron chi connectivity index (χ0n) is 9.27. The Morgan fingerprint density at radius 3 is 2.53 bits per heavy atom. The molecule has 0 heteroatoms. The molecule has 1 aliphatic carbocycles. The lowest BCUT2D eigenvalue weighted by molar-refractivity contribution is 0.977. The Labute approximate surface area is 91.6 Å². The van der Waals surface area contributed by atoms with Gasteiger partial charge in [0.05, 0.1) is 0 Å². The molecule has 0 heterocycles. The molecule has 1 aromatic carbocycles. The van der Waals surface area contributed by atoms with Gasteiger partial charge in [-0.3, -0.25) is 0 Å². The van der Waals surface area contributed by atoms with Gasteiger partial charge in [-0.1, -0.05) is 60.2 Å². The molecule has 0 radical (unpaired) electrons. The first-order valence-corrected chi connectivity index (χ1v) is 5.36. The Morgan fingerprint density at radius 2 is 1.73 bits per heavy atom. The van der Waals surface area contributed by atoms with Crippen LogP contribution in [0.3, 0.4) is 0 Å². The summed E-state index contributed by atoms with van der Waals surface area (Å²) in [6, 6.07) is 8.60. The van der Waals surface area contributed by atoms with Crippen molar-refractivity contribution < 1.29 is 0 Å². The van der Waals surface area contributed by atoms with Crippen molar-refractivity contribution in [3.8, 4) is 0 Å². The van der Waals surface area contributed by atoms with Gasteiger partial charge in [0, 0.05) is 5.92 Å². The summed E-state index contributed by atoms with van der Waals surface area (Å²) >= 11 is 0. The van der Waals surface area contributed by atoms with E-state index in [2.05, 4.69) is 68.5 Å². The summed E-state index contributed by atoms with van der Waals surface area (Å²) in [5.41, 5.74) is 4.17. The predicted molar refractivity (Wildman–Crippen MR) is 66.0 cm³/mol. The number of aryl methyl sites for hydroxylation is 1. The molecule has 1 aliphatic rings. The number of hydrogen-bond acceptors (Lipinski definition) is 0. The molecule has 0 saturated heterocycles. The number of allylic oxidation sites excluding steroid dienone is 6. The monoisotopic (exact) mass is 196 g/mol. The fourth-order valence-electron chi connectivity index (χ4n) is 1.99. The SMILES string of the molecule is CC1=CC=CC=CC1c1ccccc1C. The normalized spacial score (nSPS) is 19.9. The second-order valence-corrected chi connectivity index (χ2v) is 4.01. The van der Waals surface area contributed by atoms with Crippen molar-refractivity contribution in [2.24, 2.45) is 0 Å². The highest BCUT2D eigenvalue weighted by molar-refractivity contribution is 5.41. The minimum Gasteiger partial charge on any atom is -0.0730 e. The Bertz CT molecular complexity index is 433. The topological polar surface area (TPSA) is 0 Å². The molecule has 15 heavy (non-hydrogen) atoms. The van der Waals surface area contributed by atoms with Crippen LogP contribution in [0.5, 0.6) is 0 Å². The molecule has 0 aromatic heterocycles. The van der Waals surface area contributed by atoms with E-state index in [1.807, 2.05) is 0 Å². The zero-order chi connectivity index (χ0) is 10.7. The minimum atomic E-state index is 0.432. The maximum Gasteiger partial charge on any atom is 0.0234 e. The van der Waals surface area contributed by atoms with E-state index in [0.717, 1.165) is 0 Å². The van der Waals surface area contributed by atoms with Gasteiger partial charge in [-0.2, -0.15) is 0 Å². The molecule has 0 saturated carbocycles. The van der Waals surface area contributed by atoms with Crippen molar-refractivity contribution in [2.45, 2.75) is 19.8 Å². The Morgan fingerprint density at radius 1 is 0.933 bits per heavy atom. The van der Waals surface area contributed by atoms with Crippen LogP contribution >= 0.6 is 0 Å². The van der Waals surface area contributed by atoms with Crippen LogP contribution in [0.15, 0.2) is 60.2 Å². The van der Waals surface area contributed by atoms with E-state index >= 15 is 0 Å². The summed E-state index contributed by atoms with van der Waals surface area (Å²) in [7, 11) is 0. The van der Waals surface area contributed by atoms with Gasteiger partial charge in [0.15, 0.2) is 0 Å². The first kappa shape index (κ1) is 9.97. The average Bonchev–Trinajstić information content (AvgIpc) is 2.44. The fourth-order valence-corrected chi connectivity index (χ4v) is 1.99. The highest BCUT2D eigenvalue weighted by atomic mass is 14.2. The summed E-state index contributed by atoms with van der Waals surface area (Å²) in [5, 5.41) is 0. The van der Waals surface area contributed by atoms with E-state index in [1.54, 1.807) is 0 Å². The fraction of sp³-hybridized carbons (Fsp3) is 0.200. The molecule has 0 amide bonds. The molecule has 0 spiro atoms. The quantitative estimate of drug-likeness (QED) is 0.633. The van der Waals surface area contributed by atoms with Gasteiger partial charge in [0.2, 0.25) is 0 Å². The van der Waals surface area contributed by atoms with Gasteiger partial charge in [-0.25, -0.2) is 0 Å². The van der Waals surface area contributed by atoms with Gasteiger partial charge in [0.1, 0.15) is 0 Å². The van der Waals surface area contributed by atoms with E-state index in [0.29, 0.717) is 5.92 Å². The van der Waals surface area contributed by atoms with E-state index in [-0.39, 0.29) is 0 Å². The predicted octanol–water partition coefficient (Wildman–Crippen LogP) is 4.15. The highest BCUT2D eigenvalue weighted by Crippen LogP contribution is 2.29. The van der Waals surface area contributed by atoms with Crippen LogP contribution in [0, 0.1) is 6.92 Å². The summed E-state index contributed by atoms with van der Waals surface area (Å²) in [5.74, 6) is 0.432. The maximum atomic E-state index is 2.26. The lowest BCUT2D eigenvalue weighted by Crippen LogP contribution is -1.98. The molecular weight excluding hydrogens is 180 g/mol. The van der Waals surface area contributed by atoms with Crippen molar-refractivity contribution in [1.82, 2.24) is 0 Å². The lowest BCUT2D eigenvalue weighted by Gasteiger charge is -2.15. The molecule has 76 valence electrons. The number of benzene rings is 1. The van der Waals surface area contributed by atoms with Crippen molar-refractivity contribution in [2.75, 3.05) is 0 Å². The molecule has 2 rings (SSSR count).